The van der Waals surface area contributed by atoms with E-state index in [4.69, 9.17) is 0 Å². The first-order valence-corrected chi connectivity index (χ1v) is 4.69. The van der Waals surface area contributed by atoms with Gasteiger partial charge < -0.3 is 4.98 Å². The first kappa shape index (κ1) is 13.4. The molecule has 0 bridgehead atoms. The van der Waals surface area contributed by atoms with Gasteiger partial charge in [0.15, 0.2) is 5.82 Å². The Kier molecular flexibility index (Phi) is 2.79. The van der Waals surface area contributed by atoms with E-state index in [2.05, 4.69) is 4.98 Å². The van der Waals surface area contributed by atoms with Crippen molar-refractivity contribution in [1.29, 1.82) is 0 Å². The van der Waals surface area contributed by atoms with E-state index in [1.54, 1.807) is 0 Å². The summed E-state index contributed by atoms with van der Waals surface area (Å²) >= 11 is 0. The minimum absolute atomic E-state index is 0.0326. The SMILES string of the molecule is O=[C]c1nc2cc(C(F)(F)F)cc(C(F)(F)F)c2[nH]1. The van der Waals surface area contributed by atoms with Crippen LogP contribution < -0.4 is 0 Å². The molecule has 1 radical (unpaired) electrons. The van der Waals surface area contributed by atoms with E-state index < -0.39 is 40.3 Å². The zero-order valence-corrected chi connectivity index (χ0v) is 8.78. The predicted octanol–water partition coefficient (Wildman–Crippen LogP) is 3.06. The molecule has 0 aliphatic rings. The van der Waals surface area contributed by atoms with Crippen molar-refractivity contribution in [2.45, 2.75) is 12.4 Å². The third-order valence-electron chi connectivity index (χ3n) is 2.32. The van der Waals surface area contributed by atoms with Gasteiger partial charge in [0.05, 0.1) is 22.2 Å². The van der Waals surface area contributed by atoms with Crippen molar-refractivity contribution in [2.75, 3.05) is 0 Å². The topological polar surface area (TPSA) is 45.8 Å². The molecule has 1 aromatic carbocycles. The van der Waals surface area contributed by atoms with Crippen molar-refractivity contribution >= 4 is 17.3 Å². The maximum Gasteiger partial charge on any atom is 0.418 e. The van der Waals surface area contributed by atoms with Gasteiger partial charge in [0.25, 0.3) is 6.29 Å². The van der Waals surface area contributed by atoms with Crippen molar-refractivity contribution in [3.63, 3.8) is 0 Å². The number of hydrogen-bond acceptors (Lipinski definition) is 2. The number of fused-ring (bicyclic) bond motifs is 1. The lowest BCUT2D eigenvalue weighted by atomic mass is 10.1. The highest BCUT2D eigenvalue weighted by Crippen LogP contribution is 2.39. The molecule has 0 saturated heterocycles. The van der Waals surface area contributed by atoms with Gasteiger partial charge in [-0.25, -0.2) is 4.98 Å². The van der Waals surface area contributed by atoms with E-state index in [1.165, 1.54) is 6.29 Å². The lowest BCUT2D eigenvalue weighted by Gasteiger charge is -2.12. The van der Waals surface area contributed by atoms with Crippen molar-refractivity contribution in [2.24, 2.45) is 0 Å². The summed E-state index contributed by atoms with van der Waals surface area (Å²) in [6, 6.07) is 0.400. The minimum atomic E-state index is -5.01. The molecule has 0 aliphatic carbocycles. The van der Waals surface area contributed by atoms with Gasteiger partial charge in [0.1, 0.15) is 0 Å². The van der Waals surface area contributed by atoms with E-state index in [-0.39, 0.29) is 6.07 Å². The Morgan fingerprint density at radius 1 is 1.05 bits per heavy atom. The number of H-pyrrole nitrogens is 1. The fourth-order valence-electron chi connectivity index (χ4n) is 1.55. The van der Waals surface area contributed by atoms with Crippen molar-refractivity contribution in [3.8, 4) is 0 Å². The van der Waals surface area contributed by atoms with Crippen LogP contribution in [0.4, 0.5) is 26.3 Å². The molecule has 0 spiro atoms. The van der Waals surface area contributed by atoms with E-state index >= 15 is 0 Å². The highest BCUT2D eigenvalue weighted by atomic mass is 19.4. The molecular weight excluding hydrogens is 278 g/mol. The second-order valence-corrected chi connectivity index (χ2v) is 3.60. The number of carbonyl (C=O) groups excluding carboxylic acids is 1. The highest BCUT2D eigenvalue weighted by Gasteiger charge is 2.39. The number of halogens is 6. The van der Waals surface area contributed by atoms with Gasteiger partial charge in [-0.3, -0.25) is 4.79 Å². The highest BCUT2D eigenvalue weighted by molar-refractivity contribution is 5.85. The van der Waals surface area contributed by atoms with Crippen LogP contribution in [0.3, 0.4) is 0 Å². The molecule has 0 unspecified atom stereocenters. The van der Waals surface area contributed by atoms with Crippen LogP contribution in [0, 0.1) is 0 Å². The summed E-state index contributed by atoms with van der Waals surface area (Å²) in [7, 11) is 0. The molecular formula is C10H3F6N2O. The number of aromatic amines is 1. The second kappa shape index (κ2) is 3.97. The Hall–Kier alpha value is -2.06. The summed E-state index contributed by atoms with van der Waals surface area (Å²) < 4.78 is 75.5. The zero-order valence-electron chi connectivity index (χ0n) is 8.78. The largest absolute Gasteiger partial charge is 0.418 e. The fourth-order valence-corrected chi connectivity index (χ4v) is 1.55. The average Bonchev–Trinajstić information content (AvgIpc) is 2.67. The van der Waals surface area contributed by atoms with Crippen molar-refractivity contribution < 1.29 is 31.1 Å². The van der Waals surface area contributed by atoms with Crippen LogP contribution in [-0.4, -0.2) is 16.3 Å². The van der Waals surface area contributed by atoms with Crippen LogP contribution in [0.5, 0.6) is 0 Å². The number of rotatable bonds is 1. The molecule has 2 aromatic rings. The molecule has 0 saturated carbocycles. The molecule has 3 nitrogen and oxygen atoms in total. The van der Waals surface area contributed by atoms with Crippen LogP contribution in [-0.2, 0) is 17.1 Å². The summed E-state index contributed by atoms with van der Waals surface area (Å²) in [6.45, 7) is 0. The third-order valence-corrected chi connectivity index (χ3v) is 2.32. The van der Waals surface area contributed by atoms with Gasteiger partial charge in [-0.05, 0) is 12.1 Å². The summed E-state index contributed by atoms with van der Waals surface area (Å²) in [5, 5.41) is 0. The molecule has 101 valence electrons. The molecule has 1 aromatic heterocycles. The maximum absolute atomic E-state index is 12.7. The quantitative estimate of drug-likeness (QED) is 0.816. The number of hydrogen-bond donors (Lipinski definition) is 1. The Labute approximate surface area is 101 Å². The first-order chi connectivity index (χ1) is 8.63. The van der Waals surface area contributed by atoms with Gasteiger partial charge in [-0.2, -0.15) is 26.3 Å². The Morgan fingerprint density at radius 2 is 1.68 bits per heavy atom. The van der Waals surface area contributed by atoms with Gasteiger partial charge in [-0.15, -0.1) is 0 Å². The third kappa shape index (κ3) is 2.40. The number of alkyl halides is 6. The molecule has 2 rings (SSSR count). The normalized spacial score (nSPS) is 12.9. The lowest BCUT2D eigenvalue weighted by Crippen LogP contribution is -2.11. The minimum Gasteiger partial charge on any atom is -0.335 e. The van der Waals surface area contributed by atoms with Crippen molar-refractivity contribution in [1.82, 2.24) is 9.97 Å². The standard InChI is InChI=1S/C10H3F6N2O/c11-9(12,13)4-1-5(10(14,15)16)8-6(2-4)17-7(3-19)18-8/h1-2H,(H,17,18). The van der Waals surface area contributed by atoms with Gasteiger partial charge in [0.2, 0.25) is 0 Å². The summed E-state index contributed by atoms with van der Waals surface area (Å²) in [4.78, 5) is 15.6. The number of nitrogens with one attached hydrogen (secondary N) is 1. The van der Waals surface area contributed by atoms with E-state index in [0.717, 1.165) is 0 Å². The van der Waals surface area contributed by atoms with Crippen LogP contribution >= 0.6 is 0 Å². The number of nitrogens with zero attached hydrogens (tertiary/aromatic N) is 1. The van der Waals surface area contributed by atoms with Crippen molar-refractivity contribution in [3.05, 3.63) is 29.1 Å². The molecule has 0 fully saturated rings. The molecule has 1 N–H and O–H groups in total. The molecule has 0 amide bonds. The van der Waals surface area contributed by atoms with E-state index in [9.17, 15) is 31.1 Å². The predicted molar refractivity (Wildman–Crippen MR) is 50.9 cm³/mol. The average molecular weight is 281 g/mol. The monoisotopic (exact) mass is 281 g/mol. The molecule has 0 atom stereocenters. The van der Waals surface area contributed by atoms with Crippen LogP contribution in [0.1, 0.15) is 17.0 Å². The summed E-state index contributed by atoms with van der Waals surface area (Å²) in [5.74, 6) is -0.597. The smallest absolute Gasteiger partial charge is 0.335 e. The van der Waals surface area contributed by atoms with Crippen LogP contribution in [0.25, 0.3) is 11.0 Å². The second-order valence-electron chi connectivity index (χ2n) is 3.60. The van der Waals surface area contributed by atoms with E-state index in [1.807, 2.05) is 4.98 Å². The lowest BCUT2D eigenvalue weighted by molar-refractivity contribution is -0.142. The molecule has 0 aliphatic heterocycles. The molecule has 1 heterocycles. The Balaban J connectivity index is 2.82. The zero-order chi connectivity index (χ0) is 14.4. The maximum atomic E-state index is 12.7. The van der Waals surface area contributed by atoms with Crippen LogP contribution in [0.2, 0.25) is 0 Å². The summed E-state index contributed by atoms with van der Waals surface area (Å²) in [5.41, 5.74) is -4.30. The van der Waals surface area contributed by atoms with Gasteiger partial charge >= 0.3 is 12.4 Å². The molecule has 19 heavy (non-hydrogen) atoms. The number of imidazole rings is 1. The number of aromatic nitrogens is 2. The Bertz CT molecular complexity index is 640. The van der Waals surface area contributed by atoms with Gasteiger partial charge in [-0.1, -0.05) is 0 Å². The Morgan fingerprint density at radius 3 is 2.16 bits per heavy atom. The fraction of sp³-hybridized carbons (Fsp3) is 0.200. The van der Waals surface area contributed by atoms with E-state index in [0.29, 0.717) is 6.07 Å². The summed E-state index contributed by atoms with van der Waals surface area (Å²) in [6.07, 6.45) is -8.77. The first-order valence-electron chi connectivity index (χ1n) is 4.69. The van der Waals surface area contributed by atoms with Gasteiger partial charge in [0, 0.05) is 0 Å². The molecule has 9 heteroatoms. The number of benzene rings is 1. The van der Waals surface area contributed by atoms with Crippen LogP contribution in [0.15, 0.2) is 12.1 Å².